The van der Waals surface area contributed by atoms with Gasteiger partial charge in [0.25, 0.3) is 0 Å². The molecule has 0 fully saturated rings. The van der Waals surface area contributed by atoms with Gasteiger partial charge in [-0.1, -0.05) is 26.2 Å². The van der Waals surface area contributed by atoms with Crippen LogP contribution in [0.5, 0.6) is 11.5 Å². The van der Waals surface area contributed by atoms with Crippen LogP contribution in [0.4, 0.5) is 4.39 Å². The lowest BCUT2D eigenvalue weighted by molar-refractivity contribution is 0.158. The van der Waals surface area contributed by atoms with Gasteiger partial charge in [0.15, 0.2) is 11.5 Å². The number of benzene rings is 1. The quantitative estimate of drug-likeness (QED) is 0.759. The highest BCUT2D eigenvalue weighted by molar-refractivity contribution is 5.44. The van der Waals surface area contributed by atoms with Crippen molar-refractivity contribution >= 4 is 0 Å². The monoisotopic (exact) mass is 256 g/mol. The maximum Gasteiger partial charge on any atom is 0.163 e. The summed E-state index contributed by atoms with van der Waals surface area (Å²) in [7, 11) is 2.94. The van der Waals surface area contributed by atoms with Crippen LogP contribution in [0.3, 0.4) is 0 Å². The zero-order valence-corrected chi connectivity index (χ0v) is 11.2. The van der Waals surface area contributed by atoms with Gasteiger partial charge in [-0.2, -0.15) is 0 Å². The molecule has 0 heterocycles. The fourth-order valence-corrected chi connectivity index (χ4v) is 1.87. The zero-order chi connectivity index (χ0) is 13.5. The second-order valence-electron chi connectivity index (χ2n) is 4.24. The smallest absolute Gasteiger partial charge is 0.163 e. The first-order chi connectivity index (χ1) is 8.63. The van der Waals surface area contributed by atoms with Crippen molar-refractivity contribution in [3.05, 3.63) is 23.5 Å². The van der Waals surface area contributed by atoms with Crippen molar-refractivity contribution in [3.63, 3.8) is 0 Å². The van der Waals surface area contributed by atoms with Crippen LogP contribution in [0.15, 0.2) is 12.1 Å². The number of halogens is 1. The minimum atomic E-state index is -0.795. The molecule has 3 nitrogen and oxygen atoms in total. The third-order valence-electron chi connectivity index (χ3n) is 2.94. The molecule has 1 N–H and O–H groups in total. The average Bonchev–Trinajstić information content (AvgIpc) is 2.38. The minimum absolute atomic E-state index is 0.267. The Labute approximate surface area is 108 Å². The first kappa shape index (κ1) is 14.8. The lowest BCUT2D eigenvalue weighted by Crippen LogP contribution is -2.03. The van der Waals surface area contributed by atoms with Crippen LogP contribution in [0.1, 0.15) is 44.3 Å². The maximum atomic E-state index is 13.8. The Bertz CT molecular complexity index is 380. The van der Waals surface area contributed by atoms with Crippen molar-refractivity contribution in [2.24, 2.45) is 0 Å². The van der Waals surface area contributed by atoms with E-state index in [-0.39, 0.29) is 5.56 Å². The van der Waals surface area contributed by atoms with Gasteiger partial charge in [0.1, 0.15) is 5.82 Å². The third kappa shape index (κ3) is 3.60. The molecule has 0 aromatic heterocycles. The molecule has 0 aliphatic carbocycles. The number of hydrogen-bond donors (Lipinski definition) is 1. The van der Waals surface area contributed by atoms with Gasteiger partial charge in [-0.15, -0.1) is 0 Å². The first-order valence-electron chi connectivity index (χ1n) is 6.23. The molecule has 1 aromatic rings. The van der Waals surface area contributed by atoms with E-state index in [1.807, 2.05) is 0 Å². The Hall–Kier alpha value is -1.29. The number of ether oxygens (including phenoxy) is 2. The molecular weight excluding hydrogens is 235 g/mol. The van der Waals surface area contributed by atoms with Crippen molar-refractivity contribution in [1.29, 1.82) is 0 Å². The average molecular weight is 256 g/mol. The number of aliphatic hydroxyl groups excluding tert-OH is 1. The summed E-state index contributed by atoms with van der Waals surface area (Å²) < 4.78 is 23.9. The van der Waals surface area contributed by atoms with Gasteiger partial charge < -0.3 is 14.6 Å². The molecule has 1 atom stereocenters. The molecule has 1 rings (SSSR count). The van der Waals surface area contributed by atoms with Crippen LogP contribution < -0.4 is 9.47 Å². The topological polar surface area (TPSA) is 38.7 Å². The summed E-state index contributed by atoms with van der Waals surface area (Å²) in [6, 6.07) is 2.75. The Morgan fingerprint density at radius 2 is 1.78 bits per heavy atom. The summed E-state index contributed by atoms with van der Waals surface area (Å²) in [5.41, 5.74) is 0.267. The predicted octanol–water partition coefficient (Wildman–Crippen LogP) is 3.46. The number of hydrogen-bond acceptors (Lipinski definition) is 3. The summed E-state index contributed by atoms with van der Waals surface area (Å²) in [4.78, 5) is 0. The first-order valence-corrected chi connectivity index (χ1v) is 6.23. The van der Waals surface area contributed by atoms with Crippen LogP contribution in [-0.2, 0) is 0 Å². The van der Waals surface area contributed by atoms with Gasteiger partial charge in [0, 0.05) is 11.6 Å². The summed E-state index contributed by atoms with van der Waals surface area (Å²) in [5.74, 6) is 0.305. The van der Waals surface area contributed by atoms with Gasteiger partial charge in [-0.3, -0.25) is 0 Å². The molecule has 0 saturated heterocycles. The second kappa shape index (κ2) is 7.21. The van der Waals surface area contributed by atoms with E-state index in [4.69, 9.17) is 9.47 Å². The van der Waals surface area contributed by atoms with Crippen LogP contribution in [0.25, 0.3) is 0 Å². The molecule has 4 heteroatoms. The van der Waals surface area contributed by atoms with Gasteiger partial charge in [-0.05, 0) is 12.5 Å². The van der Waals surface area contributed by atoms with Crippen molar-refractivity contribution in [1.82, 2.24) is 0 Å². The van der Waals surface area contributed by atoms with E-state index in [1.165, 1.54) is 26.4 Å². The van der Waals surface area contributed by atoms with Gasteiger partial charge in [-0.25, -0.2) is 4.39 Å². The molecule has 1 unspecified atom stereocenters. The third-order valence-corrected chi connectivity index (χ3v) is 2.94. The summed E-state index contributed by atoms with van der Waals surface area (Å²) in [6.07, 6.45) is 2.75. The Kier molecular flexibility index (Phi) is 5.92. The standard InChI is InChI=1S/C14H21FO3/c1-4-5-6-7-12(16)10-8-13(17-2)14(18-3)9-11(10)15/h8-9,12,16H,4-7H2,1-3H3. The van der Waals surface area contributed by atoms with Crippen molar-refractivity contribution in [3.8, 4) is 11.5 Å². The zero-order valence-electron chi connectivity index (χ0n) is 11.2. The molecule has 0 radical (unpaired) electrons. The normalized spacial score (nSPS) is 12.3. The molecule has 0 spiro atoms. The van der Waals surface area contributed by atoms with E-state index in [9.17, 15) is 9.50 Å². The molecular formula is C14H21FO3. The lowest BCUT2D eigenvalue weighted by atomic mass is 10.0. The molecule has 1 aromatic carbocycles. The maximum absolute atomic E-state index is 13.8. The van der Waals surface area contributed by atoms with Crippen LogP contribution in [-0.4, -0.2) is 19.3 Å². The van der Waals surface area contributed by atoms with Crippen LogP contribution in [0, 0.1) is 5.82 Å². The summed E-state index contributed by atoms with van der Waals surface area (Å²) in [5, 5.41) is 9.98. The van der Waals surface area contributed by atoms with E-state index in [1.54, 1.807) is 0 Å². The van der Waals surface area contributed by atoms with Gasteiger partial charge in [0.05, 0.1) is 20.3 Å². The SMILES string of the molecule is CCCCCC(O)c1cc(OC)c(OC)cc1F. The molecule has 0 aliphatic rings. The highest BCUT2D eigenvalue weighted by Gasteiger charge is 2.17. The van der Waals surface area contributed by atoms with Gasteiger partial charge >= 0.3 is 0 Å². The van der Waals surface area contributed by atoms with Crippen molar-refractivity contribution in [2.75, 3.05) is 14.2 Å². The molecule has 0 amide bonds. The molecule has 18 heavy (non-hydrogen) atoms. The Morgan fingerprint density at radius 1 is 1.17 bits per heavy atom. The molecule has 0 bridgehead atoms. The summed E-state index contributed by atoms with van der Waals surface area (Å²) in [6.45, 7) is 2.09. The number of methoxy groups -OCH3 is 2. The van der Waals surface area contributed by atoms with E-state index in [0.717, 1.165) is 19.3 Å². The number of unbranched alkanes of at least 4 members (excludes halogenated alkanes) is 2. The van der Waals surface area contributed by atoms with E-state index in [2.05, 4.69) is 6.92 Å². The van der Waals surface area contributed by atoms with Crippen LogP contribution >= 0.6 is 0 Å². The molecule has 102 valence electrons. The van der Waals surface area contributed by atoms with E-state index >= 15 is 0 Å². The van der Waals surface area contributed by atoms with Gasteiger partial charge in [0.2, 0.25) is 0 Å². The lowest BCUT2D eigenvalue weighted by Gasteiger charge is -2.15. The number of aliphatic hydroxyl groups is 1. The predicted molar refractivity (Wildman–Crippen MR) is 68.6 cm³/mol. The largest absolute Gasteiger partial charge is 0.493 e. The molecule has 0 saturated carbocycles. The minimum Gasteiger partial charge on any atom is -0.493 e. The highest BCUT2D eigenvalue weighted by atomic mass is 19.1. The van der Waals surface area contributed by atoms with Crippen molar-refractivity contribution in [2.45, 2.75) is 38.7 Å². The summed E-state index contributed by atoms with van der Waals surface area (Å²) >= 11 is 0. The van der Waals surface area contributed by atoms with E-state index < -0.39 is 11.9 Å². The second-order valence-corrected chi connectivity index (χ2v) is 4.24. The van der Waals surface area contributed by atoms with Crippen molar-refractivity contribution < 1.29 is 19.0 Å². The van der Waals surface area contributed by atoms with E-state index in [0.29, 0.717) is 17.9 Å². The number of rotatable bonds is 7. The Morgan fingerprint density at radius 3 is 2.33 bits per heavy atom. The molecule has 0 aliphatic heterocycles. The fraction of sp³-hybridized carbons (Fsp3) is 0.571. The highest BCUT2D eigenvalue weighted by Crippen LogP contribution is 2.33. The Balaban J connectivity index is 2.87. The van der Waals surface area contributed by atoms with Crippen LogP contribution in [0.2, 0.25) is 0 Å². The fourth-order valence-electron chi connectivity index (χ4n) is 1.87.